The fourth-order valence-electron chi connectivity index (χ4n) is 5.99. The van der Waals surface area contributed by atoms with E-state index in [4.69, 9.17) is 50.1 Å². The van der Waals surface area contributed by atoms with Crippen molar-refractivity contribution in [3.63, 3.8) is 0 Å². The lowest BCUT2D eigenvalue weighted by atomic mass is 9.88. The Morgan fingerprint density at radius 2 is 1.82 bits per heavy atom. The summed E-state index contributed by atoms with van der Waals surface area (Å²) in [7, 11) is 1.33. The number of rotatable bonds is 4. The molecule has 10 nitrogen and oxygen atoms in total. The number of methoxy groups -OCH3 is 1. The van der Waals surface area contributed by atoms with Crippen LogP contribution in [0.1, 0.15) is 45.6 Å². The summed E-state index contributed by atoms with van der Waals surface area (Å²) in [5.74, 6) is -2.13. The van der Waals surface area contributed by atoms with E-state index >= 15 is 0 Å². The van der Waals surface area contributed by atoms with Crippen molar-refractivity contribution in [3.8, 4) is 0 Å². The first-order valence-corrected chi connectivity index (χ1v) is 13.3. The minimum Gasteiger partial charge on any atom is -0.463 e. The van der Waals surface area contributed by atoms with Gasteiger partial charge < -0.3 is 37.9 Å². The highest BCUT2D eigenvalue weighted by molar-refractivity contribution is 7.80. The number of fused-ring (bicyclic) bond motifs is 2. The van der Waals surface area contributed by atoms with E-state index < -0.39 is 54.0 Å². The molecule has 1 spiro atoms. The summed E-state index contributed by atoms with van der Waals surface area (Å²) in [5.41, 5.74) is 0.0143. The Morgan fingerprint density at radius 3 is 2.50 bits per heavy atom. The van der Waals surface area contributed by atoms with Gasteiger partial charge in [-0.2, -0.15) is 0 Å². The monoisotopic (exact) mass is 547 g/mol. The molecule has 38 heavy (non-hydrogen) atoms. The maximum Gasteiger partial charge on any atom is 0.373 e. The molecular formula is C27H33NO9S. The average Bonchev–Trinajstić information content (AvgIpc) is 3.59. The van der Waals surface area contributed by atoms with E-state index in [0.717, 1.165) is 5.56 Å². The number of esters is 1. The molecule has 5 aliphatic rings. The van der Waals surface area contributed by atoms with Gasteiger partial charge >= 0.3 is 5.97 Å². The molecular weight excluding hydrogens is 514 g/mol. The molecule has 0 N–H and O–H groups in total. The Balaban J connectivity index is 1.32. The Hall–Kier alpha value is -2.28. The van der Waals surface area contributed by atoms with Gasteiger partial charge in [0.2, 0.25) is 5.76 Å². The molecule has 4 saturated heterocycles. The molecule has 6 rings (SSSR count). The molecule has 11 heteroatoms. The molecule has 0 saturated carbocycles. The van der Waals surface area contributed by atoms with Crippen molar-refractivity contribution >= 4 is 23.4 Å². The molecule has 1 aromatic rings. The SMILES string of the molecule is COC(=O)C1=CC(c2ccccc2)CC(N2C[C@@]3(OC2=S)[C@@H](C2COC(C)(C)O2)O[C@@H]2OC(C)(C)O[C@@H]23)O1. The number of hydrogen-bond acceptors (Lipinski definition) is 10. The number of allylic oxidation sites excluding steroid dienone is 1. The zero-order chi connectivity index (χ0) is 26.9. The van der Waals surface area contributed by atoms with Gasteiger partial charge in [-0.3, -0.25) is 4.90 Å². The molecule has 0 amide bonds. The van der Waals surface area contributed by atoms with Crippen molar-refractivity contribution in [2.24, 2.45) is 0 Å². The number of nitrogens with zero attached hydrogens (tertiary/aromatic N) is 1. The first-order chi connectivity index (χ1) is 18.0. The van der Waals surface area contributed by atoms with Crippen molar-refractivity contribution in [2.75, 3.05) is 20.3 Å². The Bertz CT molecular complexity index is 1140. The standard InChI is InChI=1S/C27H33NO9S/c1-25(2)31-13-18(34-25)20-27(21-23(33-20)36-26(3,4)35-21)14-28(24(38)37-27)19-12-16(15-9-7-6-8-10-15)11-17(32-19)22(29)30-5/h6-11,16,18-21,23H,12-14H2,1-5H3/t16?,18?,19?,20-,21+,23-,27-/m1/s1. The summed E-state index contributed by atoms with van der Waals surface area (Å²) in [4.78, 5) is 14.4. The van der Waals surface area contributed by atoms with Crippen LogP contribution in [-0.4, -0.2) is 84.3 Å². The number of ether oxygens (including phenoxy) is 8. The number of thiocarbonyl (C=S) groups is 1. The molecule has 5 heterocycles. The fraction of sp³-hybridized carbons (Fsp3) is 0.630. The van der Waals surface area contributed by atoms with Gasteiger partial charge in [0.15, 0.2) is 35.8 Å². The van der Waals surface area contributed by atoms with E-state index in [0.29, 0.717) is 13.0 Å². The summed E-state index contributed by atoms with van der Waals surface area (Å²) in [6.07, 6.45) is -0.485. The Kier molecular flexibility index (Phi) is 6.25. The van der Waals surface area contributed by atoms with Gasteiger partial charge in [-0.15, -0.1) is 0 Å². The second kappa shape index (κ2) is 9.14. The van der Waals surface area contributed by atoms with E-state index in [1.807, 2.05) is 62.9 Å². The molecule has 0 aromatic heterocycles. The highest BCUT2D eigenvalue weighted by Gasteiger charge is 2.71. The molecule has 0 aliphatic carbocycles. The maximum absolute atomic E-state index is 12.6. The van der Waals surface area contributed by atoms with Crippen LogP contribution in [0.2, 0.25) is 0 Å². The van der Waals surface area contributed by atoms with Gasteiger partial charge in [-0.1, -0.05) is 30.3 Å². The predicted molar refractivity (Wildman–Crippen MR) is 135 cm³/mol. The van der Waals surface area contributed by atoms with Crippen LogP contribution in [0.4, 0.5) is 0 Å². The molecule has 5 aliphatic heterocycles. The normalized spacial score (nSPS) is 39.0. The van der Waals surface area contributed by atoms with Gasteiger partial charge in [-0.05, 0) is 51.6 Å². The molecule has 4 fully saturated rings. The van der Waals surface area contributed by atoms with Crippen molar-refractivity contribution in [1.29, 1.82) is 0 Å². The van der Waals surface area contributed by atoms with Crippen molar-refractivity contribution in [1.82, 2.24) is 4.90 Å². The van der Waals surface area contributed by atoms with Crippen molar-refractivity contribution in [3.05, 3.63) is 47.7 Å². The van der Waals surface area contributed by atoms with E-state index in [2.05, 4.69) is 0 Å². The highest BCUT2D eigenvalue weighted by atomic mass is 32.1. The zero-order valence-electron chi connectivity index (χ0n) is 22.1. The lowest BCUT2D eigenvalue weighted by Gasteiger charge is -2.37. The van der Waals surface area contributed by atoms with Gasteiger partial charge in [-0.25, -0.2) is 4.79 Å². The van der Waals surface area contributed by atoms with Crippen LogP contribution in [0.5, 0.6) is 0 Å². The minimum absolute atomic E-state index is 0.0934. The topological polar surface area (TPSA) is 94.2 Å². The average molecular weight is 548 g/mol. The summed E-state index contributed by atoms with van der Waals surface area (Å²) in [6.45, 7) is 8.00. The van der Waals surface area contributed by atoms with E-state index in [1.165, 1.54) is 7.11 Å². The summed E-state index contributed by atoms with van der Waals surface area (Å²) in [5, 5.41) is 0.230. The summed E-state index contributed by atoms with van der Waals surface area (Å²) < 4.78 is 48.5. The number of hydrogen-bond donors (Lipinski definition) is 0. The van der Waals surface area contributed by atoms with Gasteiger partial charge in [0.25, 0.3) is 5.17 Å². The van der Waals surface area contributed by atoms with E-state index in [1.54, 1.807) is 6.08 Å². The van der Waals surface area contributed by atoms with Crippen LogP contribution >= 0.6 is 12.2 Å². The van der Waals surface area contributed by atoms with Crippen LogP contribution in [0.25, 0.3) is 0 Å². The molecule has 3 unspecified atom stereocenters. The van der Waals surface area contributed by atoms with E-state index in [9.17, 15) is 4.79 Å². The number of carbonyl (C=O) groups is 1. The van der Waals surface area contributed by atoms with Gasteiger partial charge in [0.05, 0.1) is 20.3 Å². The Labute approximate surface area is 227 Å². The third kappa shape index (κ3) is 4.39. The summed E-state index contributed by atoms with van der Waals surface area (Å²) >= 11 is 5.77. The zero-order valence-corrected chi connectivity index (χ0v) is 22.9. The second-order valence-electron chi connectivity index (χ2n) is 11.1. The van der Waals surface area contributed by atoms with Crippen LogP contribution < -0.4 is 0 Å². The highest BCUT2D eigenvalue weighted by Crippen LogP contribution is 2.51. The van der Waals surface area contributed by atoms with Crippen LogP contribution in [0.3, 0.4) is 0 Å². The fourth-order valence-corrected chi connectivity index (χ4v) is 6.33. The van der Waals surface area contributed by atoms with Crippen molar-refractivity contribution < 1.29 is 42.7 Å². The second-order valence-corrected chi connectivity index (χ2v) is 11.5. The molecule has 0 radical (unpaired) electrons. The maximum atomic E-state index is 12.6. The first kappa shape index (κ1) is 26.0. The van der Waals surface area contributed by atoms with Gasteiger partial charge in [0, 0.05) is 12.3 Å². The molecule has 0 bridgehead atoms. The number of benzene rings is 1. The van der Waals surface area contributed by atoms with Crippen LogP contribution in [0, 0.1) is 0 Å². The molecule has 7 atom stereocenters. The van der Waals surface area contributed by atoms with Crippen molar-refractivity contribution in [2.45, 2.75) is 88.0 Å². The first-order valence-electron chi connectivity index (χ1n) is 12.8. The third-order valence-corrected chi connectivity index (χ3v) is 7.95. The largest absolute Gasteiger partial charge is 0.463 e. The minimum atomic E-state index is -1.04. The predicted octanol–water partition coefficient (Wildman–Crippen LogP) is 2.96. The quantitative estimate of drug-likeness (QED) is 0.411. The Morgan fingerprint density at radius 1 is 1.05 bits per heavy atom. The van der Waals surface area contributed by atoms with E-state index in [-0.39, 0.29) is 23.4 Å². The van der Waals surface area contributed by atoms with Crippen LogP contribution in [0.15, 0.2) is 42.2 Å². The third-order valence-electron chi connectivity index (χ3n) is 7.63. The number of carbonyl (C=O) groups excluding carboxylic acids is 1. The smallest absolute Gasteiger partial charge is 0.373 e. The van der Waals surface area contributed by atoms with Gasteiger partial charge in [0.1, 0.15) is 12.2 Å². The lowest BCUT2D eigenvalue weighted by Crippen LogP contribution is -2.57. The van der Waals surface area contributed by atoms with Crippen LogP contribution in [-0.2, 0) is 42.7 Å². The molecule has 206 valence electrons. The summed E-state index contributed by atoms with van der Waals surface area (Å²) in [6, 6.07) is 9.94. The molecule has 1 aromatic carbocycles. The lowest BCUT2D eigenvalue weighted by molar-refractivity contribution is -0.242.